The Morgan fingerprint density at radius 1 is 1.40 bits per heavy atom. The van der Waals surface area contributed by atoms with Crippen LogP contribution in [0.4, 0.5) is 5.69 Å². The minimum Gasteiger partial charge on any atom is -0.495 e. The summed E-state index contributed by atoms with van der Waals surface area (Å²) >= 11 is 0. The zero-order valence-corrected chi connectivity index (χ0v) is 12.1. The van der Waals surface area contributed by atoms with E-state index < -0.39 is 0 Å². The number of nitrogen functional groups attached to an aromatic ring is 1. The lowest BCUT2D eigenvalue weighted by molar-refractivity contribution is -0.121. The third-order valence-electron chi connectivity index (χ3n) is 2.87. The maximum Gasteiger partial charge on any atom is 0.254 e. The second-order valence-electron chi connectivity index (χ2n) is 4.36. The number of methoxy groups -OCH3 is 1. The second kappa shape index (κ2) is 7.37. The summed E-state index contributed by atoms with van der Waals surface area (Å²) < 4.78 is 5.10. The Labute approximate surface area is 118 Å². The van der Waals surface area contributed by atoms with Crippen LogP contribution in [0.25, 0.3) is 0 Å². The molecule has 0 unspecified atom stereocenters. The molecule has 0 saturated heterocycles. The molecular weight excluding hydrogens is 258 g/mol. The Morgan fingerprint density at radius 3 is 2.65 bits per heavy atom. The summed E-state index contributed by atoms with van der Waals surface area (Å²) in [4.78, 5) is 25.4. The van der Waals surface area contributed by atoms with E-state index in [9.17, 15) is 9.59 Å². The van der Waals surface area contributed by atoms with Gasteiger partial charge in [-0.3, -0.25) is 9.59 Å². The van der Waals surface area contributed by atoms with E-state index in [0.29, 0.717) is 23.5 Å². The van der Waals surface area contributed by atoms with Crippen LogP contribution in [0.2, 0.25) is 0 Å². The van der Waals surface area contributed by atoms with Crippen molar-refractivity contribution in [2.24, 2.45) is 0 Å². The number of nitrogens with two attached hydrogens (primary N) is 1. The number of ether oxygens (including phenoxy) is 1. The molecule has 0 bridgehead atoms. The third-order valence-corrected chi connectivity index (χ3v) is 2.87. The van der Waals surface area contributed by atoms with Crippen molar-refractivity contribution in [1.82, 2.24) is 10.2 Å². The van der Waals surface area contributed by atoms with Gasteiger partial charge in [0.15, 0.2) is 0 Å². The molecule has 0 atom stereocenters. The predicted molar refractivity (Wildman–Crippen MR) is 77.7 cm³/mol. The molecule has 0 aromatic heterocycles. The molecule has 2 amide bonds. The number of benzene rings is 1. The summed E-state index contributed by atoms with van der Waals surface area (Å²) in [6, 6.07) is 4.84. The lowest BCUT2D eigenvalue weighted by Crippen LogP contribution is -2.40. The van der Waals surface area contributed by atoms with Gasteiger partial charge in [0.2, 0.25) is 5.91 Å². The smallest absolute Gasteiger partial charge is 0.254 e. The SMILES string of the molecule is CCCN(CC(=O)NC)C(=O)c1ccc(N)c(OC)c1. The molecular formula is C14H21N3O3. The van der Waals surface area contributed by atoms with Crippen LogP contribution >= 0.6 is 0 Å². The van der Waals surface area contributed by atoms with Gasteiger partial charge in [0.05, 0.1) is 19.3 Å². The molecule has 6 nitrogen and oxygen atoms in total. The summed E-state index contributed by atoms with van der Waals surface area (Å²) in [5, 5.41) is 2.51. The van der Waals surface area contributed by atoms with Crippen LogP contribution in [-0.4, -0.2) is 44.0 Å². The highest BCUT2D eigenvalue weighted by molar-refractivity contribution is 5.97. The molecule has 0 aliphatic carbocycles. The van der Waals surface area contributed by atoms with Crippen LogP contribution in [0.1, 0.15) is 23.7 Å². The number of rotatable bonds is 6. The van der Waals surface area contributed by atoms with Crippen molar-refractivity contribution < 1.29 is 14.3 Å². The van der Waals surface area contributed by atoms with E-state index in [1.165, 1.54) is 12.0 Å². The number of hydrogen-bond acceptors (Lipinski definition) is 4. The zero-order valence-electron chi connectivity index (χ0n) is 12.1. The summed E-state index contributed by atoms with van der Waals surface area (Å²) in [6.45, 7) is 2.50. The molecule has 0 radical (unpaired) electrons. The Bertz CT molecular complexity index is 489. The van der Waals surface area contributed by atoms with Crippen molar-refractivity contribution in [2.45, 2.75) is 13.3 Å². The number of amides is 2. The number of carbonyl (C=O) groups excluding carboxylic acids is 2. The van der Waals surface area contributed by atoms with Crippen molar-refractivity contribution in [3.63, 3.8) is 0 Å². The van der Waals surface area contributed by atoms with E-state index in [2.05, 4.69) is 5.32 Å². The molecule has 110 valence electrons. The monoisotopic (exact) mass is 279 g/mol. The fourth-order valence-electron chi connectivity index (χ4n) is 1.80. The van der Waals surface area contributed by atoms with Gasteiger partial charge in [-0.05, 0) is 24.6 Å². The van der Waals surface area contributed by atoms with Crippen LogP contribution in [-0.2, 0) is 4.79 Å². The normalized spacial score (nSPS) is 9.95. The first kappa shape index (κ1) is 15.8. The fourth-order valence-corrected chi connectivity index (χ4v) is 1.80. The number of likely N-dealkylation sites (N-methyl/N-ethyl adjacent to an activating group) is 1. The van der Waals surface area contributed by atoms with Gasteiger partial charge in [0.1, 0.15) is 5.75 Å². The quantitative estimate of drug-likeness (QED) is 0.757. The van der Waals surface area contributed by atoms with Crippen LogP contribution in [0.15, 0.2) is 18.2 Å². The Kier molecular flexibility index (Phi) is 5.83. The first-order valence-corrected chi connectivity index (χ1v) is 6.46. The summed E-state index contributed by atoms with van der Waals surface area (Å²) in [6.07, 6.45) is 0.773. The lowest BCUT2D eigenvalue weighted by Gasteiger charge is -2.21. The number of carbonyl (C=O) groups is 2. The molecule has 1 aromatic rings. The fraction of sp³-hybridized carbons (Fsp3) is 0.429. The molecule has 0 spiro atoms. The number of nitrogens with one attached hydrogen (secondary N) is 1. The van der Waals surface area contributed by atoms with Crippen LogP contribution < -0.4 is 15.8 Å². The average molecular weight is 279 g/mol. The largest absolute Gasteiger partial charge is 0.495 e. The molecule has 3 N–H and O–H groups in total. The maximum atomic E-state index is 12.4. The van der Waals surface area contributed by atoms with Crippen molar-refractivity contribution in [2.75, 3.05) is 33.0 Å². The molecule has 0 aliphatic rings. The maximum absolute atomic E-state index is 12.4. The predicted octanol–water partition coefficient (Wildman–Crippen LogP) is 0.876. The molecule has 6 heteroatoms. The van der Waals surface area contributed by atoms with Crippen molar-refractivity contribution in [3.05, 3.63) is 23.8 Å². The van der Waals surface area contributed by atoms with Crippen molar-refractivity contribution in [1.29, 1.82) is 0 Å². The molecule has 1 rings (SSSR count). The topological polar surface area (TPSA) is 84.7 Å². The molecule has 20 heavy (non-hydrogen) atoms. The Morgan fingerprint density at radius 2 is 2.10 bits per heavy atom. The molecule has 0 aliphatic heterocycles. The Hall–Kier alpha value is -2.24. The first-order valence-electron chi connectivity index (χ1n) is 6.46. The lowest BCUT2D eigenvalue weighted by atomic mass is 10.1. The number of anilines is 1. The van der Waals surface area contributed by atoms with Gasteiger partial charge in [0.25, 0.3) is 5.91 Å². The van der Waals surface area contributed by atoms with Crippen LogP contribution in [0.5, 0.6) is 5.75 Å². The molecule has 1 aromatic carbocycles. The average Bonchev–Trinajstić information content (AvgIpc) is 2.46. The van der Waals surface area contributed by atoms with E-state index in [1.807, 2.05) is 6.92 Å². The van der Waals surface area contributed by atoms with Gasteiger partial charge in [0, 0.05) is 19.2 Å². The second-order valence-corrected chi connectivity index (χ2v) is 4.36. The Balaban J connectivity index is 2.96. The minimum atomic E-state index is -0.214. The van der Waals surface area contributed by atoms with Crippen molar-refractivity contribution in [3.8, 4) is 5.75 Å². The third kappa shape index (κ3) is 3.88. The highest BCUT2D eigenvalue weighted by Crippen LogP contribution is 2.23. The molecule has 0 heterocycles. The summed E-state index contributed by atoms with van der Waals surface area (Å²) in [5.74, 6) is 0.0372. The standard InChI is InChI=1S/C14H21N3O3/c1-4-7-17(9-13(18)16-2)14(19)10-5-6-11(15)12(8-10)20-3/h5-6,8H,4,7,9,15H2,1-3H3,(H,16,18). The van der Waals surface area contributed by atoms with Gasteiger partial charge >= 0.3 is 0 Å². The van der Waals surface area contributed by atoms with Gasteiger partial charge in [-0.25, -0.2) is 0 Å². The summed E-state index contributed by atoms with van der Waals surface area (Å²) in [5.41, 5.74) is 6.65. The molecule has 0 saturated carbocycles. The highest BCUT2D eigenvalue weighted by atomic mass is 16.5. The summed E-state index contributed by atoms with van der Waals surface area (Å²) in [7, 11) is 3.04. The van der Waals surface area contributed by atoms with Gasteiger partial charge in [-0.15, -0.1) is 0 Å². The zero-order chi connectivity index (χ0) is 15.1. The van der Waals surface area contributed by atoms with Crippen molar-refractivity contribution >= 4 is 17.5 Å². The van der Waals surface area contributed by atoms with E-state index in [-0.39, 0.29) is 18.4 Å². The van der Waals surface area contributed by atoms with E-state index in [1.54, 1.807) is 25.2 Å². The van der Waals surface area contributed by atoms with E-state index >= 15 is 0 Å². The first-order chi connectivity index (χ1) is 9.53. The number of hydrogen-bond donors (Lipinski definition) is 2. The van der Waals surface area contributed by atoms with Gasteiger partial charge < -0.3 is 20.7 Å². The highest BCUT2D eigenvalue weighted by Gasteiger charge is 2.18. The van der Waals surface area contributed by atoms with Gasteiger partial charge in [-0.1, -0.05) is 6.92 Å². The van der Waals surface area contributed by atoms with E-state index in [4.69, 9.17) is 10.5 Å². The molecule has 0 fully saturated rings. The number of nitrogens with zero attached hydrogens (tertiary/aromatic N) is 1. The minimum absolute atomic E-state index is 0.0376. The van der Waals surface area contributed by atoms with E-state index in [0.717, 1.165) is 6.42 Å². The van der Waals surface area contributed by atoms with Crippen LogP contribution in [0.3, 0.4) is 0 Å². The van der Waals surface area contributed by atoms with Gasteiger partial charge in [-0.2, -0.15) is 0 Å². The van der Waals surface area contributed by atoms with Crippen LogP contribution in [0, 0.1) is 0 Å².